The first-order valence-electron chi connectivity index (χ1n) is 34.1. The van der Waals surface area contributed by atoms with Crippen LogP contribution in [0.4, 0.5) is 0 Å². The zero-order chi connectivity index (χ0) is 69.6. The standard InChI is InChI=1S/C45H28N4S.C33H21ClN4.C12H9BO2S.H2/c1-4-12-29(13-5-1)43-46-44(30-14-6-2-7-15-30)48-45(47-43)33-20-23-35-37-26-31(21-24-39(37)49(40(35)28-33)34-16-8-3-9-17-34)32-22-25-42-38(27-32)36-18-10-11-19-41(36)50-42;34-25-17-19-29-28(21-25)27-18-16-24(20-30(27)38(29)26-14-8-3-9-15-26)33-36-31(22-10-4-1-5-11-22)35-32(37-33)23-12-6-2-7-13-23;14-13(15)8-5-6-12-10(7-8)9-3-1-2-4-11(9)16-12;/h1-28H;1-21H;1-7,14-15H;1H/i;;;1+1. The molecule has 0 saturated heterocycles. The lowest BCUT2D eigenvalue weighted by Gasteiger charge is -2.10. The van der Waals surface area contributed by atoms with Crippen LogP contribution in [0.5, 0.6) is 0 Å². The van der Waals surface area contributed by atoms with Gasteiger partial charge in [0.1, 0.15) is 0 Å². The van der Waals surface area contributed by atoms with Gasteiger partial charge in [-0.2, -0.15) is 0 Å². The van der Waals surface area contributed by atoms with Crippen molar-refractivity contribution in [3.05, 3.63) is 345 Å². The summed E-state index contributed by atoms with van der Waals surface area (Å²) in [7, 11) is -1.40. The van der Waals surface area contributed by atoms with Crippen LogP contribution < -0.4 is 5.46 Å². The van der Waals surface area contributed by atoms with E-state index in [1.165, 1.54) is 56.9 Å². The fourth-order valence-corrected chi connectivity index (χ4v) is 16.2. The van der Waals surface area contributed by atoms with Crippen molar-refractivity contribution in [2.45, 2.75) is 0 Å². The van der Waals surface area contributed by atoms with Crippen molar-refractivity contribution in [1.29, 1.82) is 0 Å². The molecule has 494 valence electrons. The van der Waals surface area contributed by atoms with Crippen LogP contribution in [0.15, 0.2) is 340 Å². The molecule has 0 amide bonds. The molecule has 0 atom stereocenters. The van der Waals surface area contributed by atoms with E-state index in [0.29, 0.717) is 45.4 Å². The Morgan fingerprint density at radius 2 is 0.577 bits per heavy atom. The van der Waals surface area contributed by atoms with Gasteiger partial charge in [0.05, 0.1) is 22.1 Å². The van der Waals surface area contributed by atoms with Crippen LogP contribution in [0.3, 0.4) is 0 Å². The Kier molecular flexibility index (Phi) is 16.8. The van der Waals surface area contributed by atoms with Gasteiger partial charge in [-0.15, -0.1) is 22.7 Å². The summed E-state index contributed by atoms with van der Waals surface area (Å²) in [5.41, 5.74) is 15.2. The predicted octanol–water partition coefficient (Wildman–Crippen LogP) is 22.6. The number of thiophene rings is 2. The van der Waals surface area contributed by atoms with E-state index in [4.69, 9.17) is 51.6 Å². The van der Waals surface area contributed by atoms with Crippen LogP contribution in [0, 0.1) is 0 Å². The summed E-state index contributed by atoms with van der Waals surface area (Å²) in [6, 6.07) is 116. The minimum Gasteiger partial charge on any atom is -0.423 e. The van der Waals surface area contributed by atoms with Gasteiger partial charge < -0.3 is 19.2 Å². The Morgan fingerprint density at radius 3 is 1.01 bits per heavy atom. The molecule has 0 fully saturated rings. The molecule has 20 aromatic rings. The molecule has 6 heterocycles. The number of aromatic nitrogens is 8. The number of hydrogen-bond acceptors (Lipinski definition) is 10. The highest BCUT2D eigenvalue weighted by Crippen LogP contribution is 2.42. The van der Waals surface area contributed by atoms with E-state index in [2.05, 4.69) is 179 Å². The third kappa shape index (κ3) is 12.2. The fourth-order valence-electron chi connectivity index (χ4n) is 13.9. The average Bonchev–Trinajstić information content (AvgIpc) is 1.58. The van der Waals surface area contributed by atoms with Gasteiger partial charge in [-0.3, -0.25) is 0 Å². The maximum atomic E-state index is 9.15. The summed E-state index contributed by atoms with van der Waals surface area (Å²) in [6.07, 6.45) is 0. The lowest BCUT2D eigenvalue weighted by atomic mass is 9.80. The second-order valence-electron chi connectivity index (χ2n) is 25.3. The summed E-state index contributed by atoms with van der Waals surface area (Å²) in [5, 5.41) is 28.5. The quantitative estimate of drug-likeness (QED) is 0.130. The molecule has 20 rings (SSSR count). The van der Waals surface area contributed by atoms with Gasteiger partial charge in [0.15, 0.2) is 34.9 Å². The molecular formula is C90H60BClN8O2S2. The van der Waals surface area contributed by atoms with E-state index in [1.54, 1.807) is 17.4 Å². The first kappa shape index (κ1) is 63.6. The molecule has 0 bridgehead atoms. The predicted molar refractivity (Wildman–Crippen MR) is 436 cm³/mol. The Hall–Kier alpha value is -12.6. The number of rotatable bonds is 10. The minimum atomic E-state index is -1.40. The van der Waals surface area contributed by atoms with Gasteiger partial charge in [0, 0.05) is 108 Å². The average molecular weight is 1400 g/mol. The van der Waals surface area contributed by atoms with Crippen molar-refractivity contribution in [1.82, 2.24) is 39.0 Å². The highest BCUT2D eigenvalue weighted by Gasteiger charge is 2.21. The summed E-state index contributed by atoms with van der Waals surface area (Å²) >= 11 is 9.99. The van der Waals surface area contributed by atoms with Crippen LogP contribution in [0.25, 0.3) is 175 Å². The second kappa shape index (κ2) is 27.4. The molecule has 14 aromatic carbocycles. The fraction of sp³-hybridized carbons (Fsp3) is 0. The summed E-state index contributed by atoms with van der Waals surface area (Å²) in [4.78, 5) is 29.6. The van der Waals surface area contributed by atoms with Crippen LogP contribution in [-0.2, 0) is 0 Å². The molecule has 2 N–H and O–H groups in total. The monoisotopic (exact) mass is 1400 g/mol. The minimum absolute atomic E-state index is 0. The van der Waals surface area contributed by atoms with Gasteiger partial charge in [-0.05, 0) is 119 Å². The Morgan fingerprint density at radius 1 is 0.250 bits per heavy atom. The topological polar surface area (TPSA) is 128 Å². The molecule has 14 heteroatoms. The SMILES string of the molecule is Clc1ccc2c(c1)c1ccc(-c3nc(-c4ccccc4)nc(-c4ccccc4)n3)cc1n2-c1ccccc1.OB(O)c1ccc2sc3ccccc3c2c1.[2HH].c1ccc(-c2nc(-c3ccccc3)nc(-c3ccc4c5cc(-c6ccc7sc8ccccc8c7c6)ccc5n(-c5ccccc5)c4c3)n2)cc1. The molecule has 0 saturated carbocycles. The van der Waals surface area contributed by atoms with E-state index in [0.717, 1.165) is 83.0 Å². The number of fused-ring (bicyclic) bond motifs is 12. The maximum Gasteiger partial charge on any atom is 0.488 e. The zero-order valence-electron chi connectivity index (χ0n) is 55.6. The van der Waals surface area contributed by atoms with E-state index < -0.39 is 7.12 Å². The van der Waals surface area contributed by atoms with E-state index in [-0.39, 0.29) is 1.43 Å². The number of nitrogens with zero attached hydrogens (tertiary/aromatic N) is 8. The highest BCUT2D eigenvalue weighted by molar-refractivity contribution is 7.26. The van der Waals surface area contributed by atoms with Crippen molar-refractivity contribution in [2.75, 3.05) is 0 Å². The first-order chi connectivity index (χ1) is 51.3. The molecule has 0 aliphatic heterocycles. The lowest BCUT2D eigenvalue weighted by molar-refractivity contribution is 0.426. The van der Waals surface area contributed by atoms with E-state index in [1.807, 2.05) is 175 Å². The van der Waals surface area contributed by atoms with Crippen molar-refractivity contribution in [3.8, 4) is 90.8 Å². The largest absolute Gasteiger partial charge is 0.488 e. The zero-order valence-corrected chi connectivity index (χ0v) is 58.0. The van der Waals surface area contributed by atoms with Gasteiger partial charge in [-0.1, -0.05) is 254 Å². The Bertz CT molecular complexity index is 6490. The van der Waals surface area contributed by atoms with Gasteiger partial charge in [-0.25, -0.2) is 29.9 Å². The van der Waals surface area contributed by atoms with Crippen LogP contribution >= 0.6 is 34.3 Å². The van der Waals surface area contributed by atoms with Gasteiger partial charge in [0.25, 0.3) is 0 Å². The Labute approximate surface area is 612 Å². The van der Waals surface area contributed by atoms with E-state index in [9.17, 15) is 0 Å². The smallest absolute Gasteiger partial charge is 0.423 e. The molecule has 0 aliphatic carbocycles. The van der Waals surface area contributed by atoms with Crippen molar-refractivity contribution < 1.29 is 11.5 Å². The second-order valence-corrected chi connectivity index (χ2v) is 27.9. The summed E-state index contributed by atoms with van der Waals surface area (Å²) < 4.78 is 9.65. The van der Waals surface area contributed by atoms with Gasteiger partial charge >= 0.3 is 7.12 Å². The number of benzene rings is 14. The highest BCUT2D eigenvalue weighted by atomic mass is 35.5. The number of hydrogen-bond donors (Lipinski definition) is 2. The third-order valence-corrected chi connectivity index (χ3v) is 21.4. The summed E-state index contributed by atoms with van der Waals surface area (Å²) in [5.74, 6) is 3.86. The van der Waals surface area contributed by atoms with Crippen molar-refractivity contribution in [2.24, 2.45) is 0 Å². The molecule has 0 unspecified atom stereocenters. The van der Waals surface area contributed by atoms with Crippen LogP contribution in [0.1, 0.15) is 1.43 Å². The van der Waals surface area contributed by atoms with Crippen LogP contribution in [0.2, 0.25) is 5.02 Å². The molecule has 0 spiro atoms. The molecular weight excluding hydrogens is 1340 g/mol. The molecule has 10 nitrogen and oxygen atoms in total. The molecule has 0 aliphatic rings. The van der Waals surface area contributed by atoms with Gasteiger partial charge in [0.2, 0.25) is 0 Å². The normalized spacial score (nSPS) is 11.4. The summed E-state index contributed by atoms with van der Waals surface area (Å²) in [6.45, 7) is 0. The number of halogens is 1. The van der Waals surface area contributed by atoms with Crippen molar-refractivity contribution >= 4 is 131 Å². The molecule has 6 aromatic heterocycles. The third-order valence-electron chi connectivity index (χ3n) is 18.8. The van der Waals surface area contributed by atoms with Crippen molar-refractivity contribution in [3.63, 3.8) is 0 Å². The maximum absolute atomic E-state index is 9.15. The molecule has 104 heavy (non-hydrogen) atoms. The first-order valence-corrected chi connectivity index (χ1v) is 36.1. The van der Waals surface area contributed by atoms with Crippen LogP contribution in [-0.4, -0.2) is 56.2 Å². The molecule has 0 radical (unpaired) electrons. The number of para-hydroxylation sites is 2. The van der Waals surface area contributed by atoms with E-state index >= 15 is 0 Å². The Balaban J connectivity index is 0.000000130. The lowest BCUT2D eigenvalue weighted by Crippen LogP contribution is -2.29.